The Hall–Kier alpha value is -1.18. The van der Waals surface area contributed by atoms with Crippen molar-refractivity contribution in [3.05, 3.63) is 41.1 Å². The molecule has 0 atom stereocenters. The minimum atomic E-state index is -3.40. The van der Waals surface area contributed by atoms with Gasteiger partial charge >= 0.3 is 0 Å². The third-order valence-corrected chi connectivity index (χ3v) is 5.47. The molecule has 0 spiro atoms. The lowest BCUT2D eigenvalue weighted by atomic mass is 10.3. The highest BCUT2D eigenvalue weighted by molar-refractivity contribution is 9.10. The zero-order valence-electron chi connectivity index (χ0n) is 11.3. The summed E-state index contributed by atoms with van der Waals surface area (Å²) in [5.74, 6) is 0. The predicted molar refractivity (Wildman–Crippen MR) is 81.4 cm³/mol. The molecule has 0 aliphatic heterocycles. The molecular weight excluding hydrogens is 342 g/mol. The summed E-state index contributed by atoms with van der Waals surface area (Å²) in [4.78, 5) is 0.302. The van der Waals surface area contributed by atoms with Crippen LogP contribution in [0.5, 0.6) is 0 Å². The zero-order chi connectivity index (χ0) is 14.8. The van der Waals surface area contributed by atoms with Crippen molar-refractivity contribution in [3.63, 3.8) is 0 Å². The normalized spacial score (nSPS) is 12.0. The van der Waals surface area contributed by atoms with E-state index in [-0.39, 0.29) is 0 Å². The van der Waals surface area contributed by atoms with E-state index < -0.39 is 10.0 Å². The van der Waals surface area contributed by atoms with Crippen molar-refractivity contribution < 1.29 is 8.42 Å². The molecule has 108 valence electrons. The fourth-order valence-corrected chi connectivity index (χ4v) is 3.67. The van der Waals surface area contributed by atoms with Crippen molar-refractivity contribution >= 4 is 26.0 Å². The van der Waals surface area contributed by atoms with E-state index in [2.05, 4.69) is 21.0 Å². The summed E-state index contributed by atoms with van der Waals surface area (Å²) in [6.07, 6.45) is 3.49. The van der Waals surface area contributed by atoms with Crippen LogP contribution >= 0.6 is 15.9 Å². The van der Waals surface area contributed by atoms with E-state index in [4.69, 9.17) is 0 Å². The Balaban J connectivity index is 2.33. The van der Waals surface area contributed by atoms with Gasteiger partial charge < -0.3 is 0 Å². The van der Waals surface area contributed by atoms with Gasteiger partial charge in [0.05, 0.1) is 21.3 Å². The molecule has 1 heterocycles. The van der Waals surface area contributed by atoms with Crippen LogP contribution < -0.4 is 0 Å². The summed E-state index contributed by atoms with van der Waals surface area (Å²) in [5, 5.41) is 4.16. The minimum Gasteiger partial charge on any atom is -0.240 e. The summed E-state index contributed by atoms with van der Waals surface area (Å²) in [7, 11) is -3.40. The first kappa shape index (κ1) is 15.2. The van der Waals surface area contributed by atoms with E-state index in [9.17, 15) is 8.42 Å². The molecule has 1 aromatic carbocycles. The maximum atomic E-state index is 12.3. The Morgan fingerprint density at radius 3 is 2.25 bits per heavy atom. The second kappa shape index (κ2) is 6.07. The predicted octanol–water partition coefficient (Wildman–Crippen LogP) is 2.67. The van der Waals surface area contributed by atoms with Crippen molar-refractivity contribution in [2.24, 2.45) is 0 Å². The van der Waals surface area contributed by atoms with Crippen LogP contribution in [0.25, 0.3) is 5.69 Å². The van der Waals surface area contributed by atoms with Crippen LogP contribution in [-0.4, -0.2) is 35.6 Å². The number of halogens is 1. The van der Waals surface area contributed by atoms with Crippen LogP contribution in [0.3, 0.4) is 0 Å². The molecule has 0 N–H and O–H groups in total. The first-order chi connectivity index (χ1) is 9.48. The summed E-state index contributed by atoms with van der Waals surface area (Å²) >= 11 is 3.33. The number of sulfonamides is 1. The highest BCUT2D eigenvalue weighted by Gasteiger charge is 2.21. The second-order valence-corrected chi connectivity index (χ2v) is 7.04. The zero-order valence-corrected chi connectivity index (χ0v) is 13.7. The van der Waals surface area contributed by atoms with E-state index in [1.807, 2.05) is 20.0 Å². The Labute approximate surface area is 127 Å². The standard InChI is InChI=1S/C13H16BrN3O2S/c1-3-16(4-2)20(18,19)13-7-5-12(6-8-13)17-10-11(14)9-15-17/h5-10H,3-4H2,1-2H3. The van der Waals surface area contributed by atoms with Gasteiger partial charge in [-0.1, -0.05) is 13.8 Å². The summed E-state index contributed by atoms with van der Waals surface area (Å²) in [5.41, 5.74) is 0.814. The summed E-state index contributed by atoms with van der Waals surface area (Å²) in [6, 6.07) is 6.71. The molecule has 5 nitrogen and oxygen atoms in total. The largest absolute Gasteiger partial charge is 0.243 e. The van der Waals surface area contributed by atoms with Crippen molar-refractivity contribution in [1.29, 1.82) is 0 Å². The molecule has 0 fully saturated rings. The Morgan fingerprint density at radius 1 is 1.20 bits per heavy atom. The minimum absolute atomic E-state index is 0.302. The molecule has 2 aromatic rings. The number of nitrogens with zero attached hydrogens (tertiary/aromatic N) is 3. The van der Waals surface area contributed by atoms with Gasteiger partial charge in [0.1, 0.15) is 0 Å². The number of aromatic nitrogens is 2. The average molecular weight is 358 g/mol. The monoisotopic (exact) mass is 357 g/mol. The van der Waals surface area contributed by atoms with Crippen LogP contribution in [-0.2, 0) is 10.0 Å². The van der Waals surface area contributed by atoms with E-state index in [1.165, 1.54) is 4.31 Å². The van der Waals surface area contributed by atoms with Crippen molar-refractivity contribution in [2.45, 2.75) is 18.7 Å². The molecule has 1 aromatic heterocycles. The van der Waals surface area contributed by atoms with Crippen LogP contribution in [0, 0.1) is 0 Å². The number of rotatable bonds is 5. The van der Waals surface area contributed by atoms with Crippen molar-refractivity contribution in [1.82, 2.24) is 14.1 Å². The van der Waals surface area contributed by atoms with Gasteiger partial charge in [0.25, 0.3) is 0 Å². The molecule has 0 aliphatic rings. The second-order valence-electron chi connectivity index (χ2n) is 4.19. The van der Waals surface area contributed by atoms with E-state index in [1.54, 1.807) is 35.1 Å². The Kier molecular flexibility index (Phi) is 4.62. The third kappa shape index (κ3) is 2.94. The topological polar surface area (TPSA) is 55.2 Å². The highest BCUT2D eigenvalue weighted by atomic mass is 79.9. The van der Waals surface area contributed by atoms with Gasteiger partial charge in [0.2, 0.25) is 10.0 Å². The van der Waals surface area contributed by atoms with Crippen LogP contribution in [0.2, 0.25) is 0 Å². The maximum absolute atomic E-state index is 12.3. The number of hydrogen-bond donors (Lipinski definition) is 0. The van der Waals surface area contributed by atoms with Crippen molar-refractivity contribution in [2.75, 3.05) is 13.1 Å². The van der Waals surface area contributed by atoms with Gasteiger partial charge in [0, 0.05) is 19.3 Å². The van der Waals surface area contributed by atoms with Gasteiger partial charge in [-0.05, 0) is 40.2 Å². The van der Waals surface area contributed by atoms with Gasteiger partial charge in [-0.25, -0.2) is 13.1 Å². The fourth-order valence-electron chi connectivity index (χ4n) is 1.93. The molecule has 2 rings (SSSR count). The van der Waals surface area contributed by atoms with E-state index in [0.29, 0.717) is 18.0 Å². The van der Waals surface area contributed by atoms with Gasteiger partial charge in [-0.15, -0.1) is 0 Å². The van der Waals surface area contributed by atoms with E-state index in [0.717, 1.165) is 10.2 Å². The maximum Gasteiger partial charge on any atom is 0.243 e. The Bertz CT molecular complexity index is 676. The van der Waals surface area contributed by atoms with Crippen LogP contribution in [0.1, 0.15) is 13.8 Å². The molecule has 0 bridgehead atoms. The van der Waals surface area contributed by atoms with Crippen LogP contribution in [0.4, 0.5) is 0 Å². The lowest BCUT2D eigenvalue weighted by Crippen LogP contribution is -2.30. The van der Waals surface area contributed by atoms with Crippen molar-refractivity contribution in [3.8, 4) is 5.69 Å². The third-order valence-electron chi connectivity index (χ3n) is 3.00. The molecule has 0 aliphatic carbocycles. The van der Waals surface area contributed by atoms with Crippen LogP contribution in [0.15, 0.2) is 46.0 Å². The molecule has 0 saturated heterocycles. The van der Waals surface area contributed by atoms with Gasteiger partial charge in [-0.3, -0.25) is 0 Å². The summed E-state index contributed by atoms with van der Waals surface area (Å²) < 4.78 is 28.7. The molecule has 7 heteroatoms. The lowest BCUT2D eigenvalue weighted by Gasteiger charge is -2.18. The first-order valence-electron chi connectivity index (χ1n) is 6.29. The van der Waals surface area contributed by atoms with Gasteiger partial charge in [-0.2, -0.15) is 9.40 Å². The molecule has 0 saturated carbocycles. The first-order valence-corrected chi connectivity index (χ1v) is 8.53. The quantitative estimate of drug-likeness (QED) is 0.826. The summed E-state index contributed by atoms with van der Waals surface area (Å²) in [6.45, 7) is 4.59. The van der Waals surface area contributed by atoms with E-state index >= 15 is 0 Å². The smallest absolute Gasteiger partial charge is 0.240 e. The molecule has 0 amide bonds. The Morgan fingerprint density at radius 2 is 1.80 bits per heavy atom. The number of hydrogen-bond acceptors (Lipinski definition) is 3. The molecule has 20 heavy (non-hydrogen) atoms. The molecule has 0 unspecified atom stereocenters. The number of benzene rings is 1. The molecule has 0 radical (unpaired) electrons. The lowest BCUT2D eigenvalue weighted by molar-refractivity contribution is 0.445. The SMILES string of the molecule is CCN(CC)S(=O)(=O)c1ccc(-n2cc(Br)cn2)cc1. The highest BCUT2D eigenvalue weighted by Crippen LogP contribution is 2.18. The fraction of sp³-hybridized carbons (Fsp3) is 0.308. The average Bonchev–Trinajstić information content (AvgIpc) is 2.87. The van der Waals surface area contributed by atoms with Gasteiger partial charge in [0.15, 0.2) is 0 Å². The molecular formula is C13H16BrN3O2S.